The molecule has 19 heavy (non-hydrogen) atoms. The number of ketones is 1. The van der Waals surface area contributed by atoms with Crippen molar-refractivity contribution in [1.29, 1.82) is 0 Å². The minimum absolute atomic E-state index is 0.178. The minimum Gasteiger partial charge on any atom is -0.378 e. The van der Waals surface area contributed by atoms with E-state index in [9.17, 15) is 9.18 Å². The summed E-state index contributed by atoms with van der Waals surface area (Å²) in [5.41, 5.74) is 1.56. The first-order valence-electron chi connectivity index (χ1n) is 5.76. The number of carbonyl (C=O) groups is 1. The summed E-state index contributed by atoms with van der Waals surface area (Å²) in [6.07, 6.45) is 0. The van der Waals surface area contributed by atoms with Gasteiger partial charge in [0.1, 0.15) is 5.82 Å². The summed E-state index contributed by atoms with van der Waals surface area (Å²) >= 11 is 5.95. The maximum atomic E-state index is 13.2. The van der Waals surface area contributed by atoms with Crippen LogP contribution in [0.4, 0.5) is 10.1 Å². The zero-order valence-corrected chi connectivity index (χ0v) is 11.4. The van der Waals surface area contributed by atoms with Gasteiger partial charge in [0.25, 0.3) is 0 Å². The lowest BCUT2D eigenvalue weighted by atomic mass is 10.0. The molecule has 4 heteroatoms. The Kier molecular flexibility index (Phi) is 3.86. The molecule has 0 heterocycles. The molecule has 0 bridgehead atoms. The molecule has 0 N–H and O–H groups in total. The van der Waals surface area contributed by atoms with Gasteiger partial charge in [-0.05, 0) is 30.3 Å². The predicted octanol–water partition coefficient (Wildman–Crippen LogP) is 3.78. The molecule has 0 atom stereocenters. The molecule has 0 aliphatic rings. The highest BCUT2D eigenvalue weighted by molar-refractivity contribution is 6.35. The van der Waals surface area contributed by atoms with Gasteiger partial charge in [-0.3, -0.25) is 4.79 Å². The van der Waals surface area contributed by atoms with Crippen LogP contribution < -0.4 is 4.90 Å². The van der Waals surface area contributed by atoms with Gasteiger partial charge >= 0.3 is 0 Å². The lowest BCUT2D eigenvalue weighted by Crippen LogP contribution is -2.10. The fourth-order valence-corrected chi connectivity index (χ4v) is 1.96. The first kappa shape index (κ1) is 13.6. The Morgan fingerprint density at radius 3 is 2.58 bits per heavy atom. The minimum atomic E-state index is -0.475. The highest BCUT2D eigenvalue weighted by atomic mass is 35.5. The highest BCUT2D eigenvalue weighted by Gasteiger charge is 2.14. The van der Waals surface area contributed by atoms with E-state index in [-0.39, 0.29) is 16.4 Å². The number of hydrogen-bond donors (Lipinski definition) is 0. The van der Waals surface area contributed by atoms with Gasteiger partial charge in [-0.1, -0.05) is 23.7 Å². The first-order chi connectivity index (χ1) is 8.99. The lowest BCUT2D eigenvalue weighted by molar-refractivity contribution is 0.103. The van der Waals surface area contributed by atoms with Crippen LogP contribution in [0.1, 0.15) is 15.9 Å². The third-order valence-electron chi connectivity index (χ3n) is 2.80. The van der Waals surface area contributed by atoms with Crippen molar-refractivity contribution in [1.82, 2.24) is 0 Å². The van der Waals surface area contributed by atoms with Crippen LogP contribution in [0.2, 0.25) is 5.02 Å². The molecule has 0 aromatic heterocycles. The second-order valence-corrected chi connectivity index (χ2v) is 4.81. The third kappa shape index (κ3) is 2.93. The van der Waals surface area contributed by atoms with Gasteiger partial charge in [0.2, 0.25) is 0 Å². The van der Waals surface area contributed by atoms with Crippen LogP contribution in [-0.4, -0.2) is 19.9 Å². The average Bonchev–Trinajstić information content (AvgIpc) is 2.41. The van der Waals surface area contributed by atoms with Crippen molar-refractivity contribution in [2.45, 2.75) is 0 Å². The van der Waals surface area contributed by atoms with Crippen LogP contribution in [-0.2, 0) is 0 Å². The molecule has 0 radical (unpaired) electrons. The number of carbonyl (C=O) groups excluding carboxylic acids is 1. The topological polar surface area (TPSA) is 20.3 Å². The third-order valence-corrected chi connectivity index (χ3v) is 3.13. The molecule has 0 saturated carbocycles. The van der Waals surface area contributed by atoms with Crippen molar-refractivity contribution in [3.05, 3.63) is 64.4 Å². The summed E-state index contributed by atoms with van der Waals surface area (Å²) in [7, 11) is 3.78. The average molecular weight is 278 g/mol. The van der Waals surface area contributed by atoms with Gasteiger partial charge in [-0.25, -0.2) is 4.39 Å². The Labute approximate surface area is 116 Å². The van der Waals surface area contributed by atoms with Crippen molar-refractivity contribution in [3.63, 3.8) is 0 Å². The van der Waals surface area contributed by atoms with E-state index in [1.54, 1.807) is 18.2 Å². The SMILES string of the molecule is CN(C)c1cccc(C(=O)c2cc(F)ccc2Cl)c1. The molecule has 0 saturated heterocycles. The zero-order valence-electron chi connectivity index (χ0n) is 10.7. The molecule has 98 valence electrons. The summed E-state index contributed by atoms with van der Waals surface area (Å²) < 4.78 is 13.2. The van der Waals surface area contributed by atoms with Crippen molar-refractivity contribution >= 4 is 23.1 Å². The number of hydrogen-bond acceptors (Lipinski definition) is 2. The molecular weight excluding hydrogens is 265 g/mol. The molecule has 0 spiro atoms. The second kappa shape index (κ2) is 5.41. The maximum Gasteiger partial charge on any atom is 0.194 e. The standard InChI is InChI=1S/C15H13ClFNO/c1-18(2)12-5-3-4-10(8-12)15(19)13-9-11(17)6-7-14(13)16/h3-9H,1-2H3. The second-order valence-electron chi connectivity index (χ2n) is 4.40. The predicted molar refractivity (Wildman–Crippen MR) is 75.6 cm³/mol. The first-order valence-corrected chi connectivity index (χ1v) is 6.14. The number of benzene rings is 2. The fraction of sp³-hybridized carbons (Fsp3) is 0.133. The molecule has 0 aliphatic carbocycles. The van der Waals surface area contributed by atoms with Gasteiger partial charge in [-0.15, -0.1) is 0 Å². The van der Waals surface area contributed by atoms with Gasteiger partial charge in [-0.2, -0.15) is 0 Å². The molecule has 2 rings (SSSR count). The lowest BCUT2D eigenvalue weighted by Gasteiger charge is -2.13. The highest BCUT2D eigenvalue weighted by Crippen LogP contribution is 2.22. The van der Waals surface area contributed by atoms with Gasteiger partial charge in [0, 0.05) is 30.9 Å². The molecule has 2 nitrogen and oxygen atoms in total. The summed E-state index contributed by atoms with van der Waals surface area (Å²) in [5.74, 6) is -0.760. The van der Waals surface area contributed by atoms with Crippen LogP contribution in [0.15, 0.2) is 42.5 Å². The van der Waals surface area contributed by atoms with Crippen LogP contribution in [0.5, 0.6) is 0 Å². The van der Waals surface area contributed by atoms with E-state index < -0.39 is 5.82 Å². The van der Waals surface area contributed by atoms with E-state index in [4.69, 9.17) is 11.6 Å². The number of rotatable bonds is 3. The normalized spacial score (nSPS) is 10.3. The number of nitrogens with zero attached hydrogens (tertiary/aromatic N) is 1. The van der Waals surface area contributed by atoms with E-state index in [1.807, 2.05) is 25.1 Å². The largest absolute Gasteiger partial charge is 0.378 e. The molecular formula is C15H13ClFNO. The molecule has 0 aliphatic heterocycles. The van der Waals surface area contributed by atoms with Crippen molar-refractivity contribution in [3.8, 4) is 0 Å². The van der Waals surface area contributed by atoms with Crippen LogP contribution in [0.25, 0.3) is 0 Å². The summed E-state index contributed by atoms with van der Waals surface area (Å²) in [5, 5.41) is 0.252. The maximum absolute atomic E-state index is 13.2. The van der Waals surface area contributed by atoms with E-state index in [2.05, 4.69) is 0 Å². The molecule has 0 amide bonds. The monoisotopic (exact) mass is 277 g/mol. The van der Waals surface area contributed by atoms with E-state index >= 15 is 0 Å². The fourth-order valence-electron chi connectivity index (χ4n) is 1.75. The van der Waals surface area contributed by atoms with E-state index in [0.29, 0.717) is 5.56 Å². The molecule has 0 unspecified atom stereocenters. The Bertz CT molecular complexity index is 625. The summed E-state index contributed by atoms with van der Waals surface area (Å²) in [4.78, 5) is 14.2. The Morgan fingerprint density at radius 1 is 1.16 bits per heavy atom. The Hall–Kier alpha value is -1.87. The van der Waals surface area contributed by atoms with Crippen LogP contribution in [0, 0.1) is 5.82 Å². The quantitative estimate of drug-likeness (QED) is 0.796. The van der Waals surface area contributed by atoms with Gasteiger partial charge in [0.15, 0.2) is 5.78 Å². The van der Waals surface area contributed by atoms with Crippen molar-refractivity contribution in [2.75, 3.05) is 19.0 Å². The van der Waals surface area contributed by atoms with Crippen LogP contribution in [0.3, 0.4) is 0 Å². The van der Waals surface area contributed by atoms with E-state index in [0.717, 1.165) is 11.8 Å². The van der Waals surface area contributed by atoms with Crippen molar-refractivity contribution < 1.29 is 9.18 Å². The summed E-state index contributed by atoms with van der Waals surface area (Å²) in [6.45, 7) is 0. The summed E-state index contributed by atoms with van der Waals surface area (Å²) in [6, 6.07) is 10.9. The molecule has 2 aromatic carbocycles. The molecule has 0 fully saturated rings. The number of anilines is 1. The van der Waals surface area contributed by atoms with E-state index in [1.165, 1.54) is 12.1 Å². The smallest absolute Gasteiger partial charge is 0.194 e. The molecule has 2 aromatic rings. The Balaban J connectivity index is 2.44. The van der Waals surface area contributed by atoms with Crippen molar-refractivity contribution in [2.24, 2.45) is 0 Å². The van der Waals surface area contributed by atoms with Crippen LogP contribution >= 0.6 is 11.6 Å². The van der Waals surface area contributed by atoms with Gasteiger partial charge in [0.05, 0.1) is 5.02 Å². The Morgan fingerprint density at radius 2 is 1.89 bits per heavy atom. The zero-order chi connectivity index (χ0) is 14.0. The van der Waals surface area contributed by atoms with Gasteiger partial charge < -0.3 is 4.90 Å². The number of halogens is 2.